The molecule has 1 saturated carbocycles. The molecule has 2 aromatic rings. The molecule has 14 heteroatoms. The van der Waals surface area contributed by atoms with Crippen LogP contribution in [-0.2, 0) is 26.7 Å². The van der Waals surface area contributed by atoms with Crippen LogP contribution in [0.25, 0.3) is 6.08 Å². The van der Waals surface area contributed by atoms with Gasteiger partial charge >= 0.3 is 18.3 Å². The molecule has 0 atom stereocenters. The quantitative estimate of drug-likeness (QED) is 0.168. The molecule has 4 rings (SSSR count). The summed E-state index contributed by atoms with van der Waals surface area (Å²) in [6, 6.07) is 8.41. The molecule has 1 aliphatic heterocycles. The van der Waals surface area contributed by atoms with Crippen LogP contribution in [0.15, 0.2) is 52.3 Å². The lowest BCUT2D eigenvalue weighted by Gasteiger charge is -2.33. The lowest BCUT2D eigenvalue weighted by Crippen LogP contribution is -2.48. The molecule has 0 radical (unpaired) electrons. The Balaban J connectivity index is 1.53. The highest BCUT2D eigenvalue weighted by Crippen LogP contribution is 2.48. The fraction of sp³-hybridized carbons (Fsp3) is 0.500. The van der Waals surface area contributed by atoms with Crippen molar-refractivity contribution in [1.29, 1.82) is 0 Å². The van der Waals surface area contributed by atoms with Crippen LogP contribution in [0.3, 0.4) is 0 Å². The van der Waals surface area contributed by atoms with Gasteiger partial charge in [0, 0.05) is 60.3 Å². The molecule has 1 aliphatic carbocycles. The number of rotatable bonds is 10. The number of alkyl halides is 6. The minimum absolute atomic E-state index is 0.0201. The van der Waals surface area contributed by atoms with Gasteiger partial charge in [-0.25, -0.2) is 0 Å². The highest BCUT2D eigenvalue weighted by molar-refractivity contribution is 7.99. The Morgan fingerprint density at radius 1 is 0.978 bits per heavy atom. The van der Waals surface area contributed by atoms with Crippen molar-refractivity contribution in [1.82, 2.24) is 9.80 Å². The molecule has 252 valence electrons. The summed E-state index contributed by atoms with van der Waals surface area (Å²) in [5, 5.41) is 12.4. The maximum atomic E-state index is 14.4. The van der Waals surface area contributed by atoms with E-state index in [9.17, 15) is 35.9 Å². The lowest BCUT2D eigenvalue weighted by atomic mass is 9.86. The minimum Gasteiger partial charge on any atom is -0.466 e. The number of β-amino-alcohol motifs (C(OH)–C–C–N with tert-alkyl or cyclic N) is 1. The van der Waals surface area contributed by atoms with Crippen LogP contribution in [0.2, 0.25) is 0 Å². The zero-order valence-electron chi connectivity index (χ0n) is 25.3. The Kier molecular flexibility index (Phi) is 12.1. The first kappa shape index (κ1) is 35.6. The van der Waals surface area contributed by atoms with Crippen molar-refractivity contribution >= 4 is 35.4 Å². The maximum absolute atomic E-state index is 14.4. The van der Waals surface area contributed by atoms with Crippen molar-refractivity contribution in [3.05, 3.63) is 59.2 Å². The molecule has 0 unspecified atom stereocenters. The Morgan fingerprint density at radius 2 is 1.65 bits per heavy atom. The monoisotopic (exact) mass is 673 g/mol. The van der Waals surface area contributed by atoms with Gasteiger partial charge in [-0.15, -0.1) is 0 Å². The second-order valence-electron chi connectivity index (χ2n) is 11.2. The molecule has 0 aromatic heterocycles. The van der Waals surface area contributed by atoms with E-state index in [1.807, 2.05) is 4.90 Å². The van der Waals surface area contributed by atoms with Gasteiger partial charge in [-0.1, -0.05) is 23.9 Å². The minimum atomic E-state index is -5.36. The number of amides is 1. The van der Waals surface area contributed by atoms with Gasteiger partial charge in [0.15, 0.2) is 0 Å². The molecule has 2 fully saturated rings. The van der Waals surface area contributed by atoms with E-state index in [1.165, 1.54) is 11.0 Å². The number of nitrogens with one attached hydrogen (secondary N) is 1. The van der Waals surface area contributed by atoms with E-state index in [1.54, 1.807) is 25.1 Å². The third-order valence-corrected chi connectivity index (χ3v) is 9.10. The van der Waals surface area contributed by atoms with Gasteiger partial charge < -0.3 is 20.1 Å². The van der Waals surface area contributed by atoms with Crippen LogP contribution in [0.4, 0.5) is 32.0 Å². The van der Waals surface area contributed by atoms with E-state index in [0.29, 0.717) is 74.3 Å². The Bertz CT molecular complexity index is 1380. The van der Waals surface area contributed by atoms with Gasteiger partial charge in [-0.05, 0) is 68.5 Å². The van der Waals surface area contributed by atoms with E-state index < -0.39 is 39.8 Å². The molecular formula is C32H37F6N3O4S. The van der Waals surface area contributed by atoms with Gasteiger partial charge in [0.25, 0.3) is 0 Å². The van der Waals surface area contributed by atoms with Crippen molar-refractivity contribution in [3.8, 4) is 0 Å². The number of aliphatic hydroxyl groups is 1. The van der Waals surface area contributed by atoms with Crippen molar-refractivity contribution in [2.75, 3.05) is 51.3 Å². The van der Waals surface area contributed by atoms with E-state index in [0.717, 1.165) is 24.3 Å². The van der Waals surface area contributed by atoms with Crippen LogP contribution in [0, 0.1) is 5.92 Å². The predicted molar refractivity (Wildman–Crippen MR) is 162 cm³/mol. The number of carbonyl (C=O) groups excluding carboxylic acids is 2. The van der Waals surface area contributed by atoms with Crippen molar-refractivity contribution in [2.45, 2.75) is 60.8 Å². The highest BCUT2D eigenvalue weighted by Gasteiger charge is 2.46. The number of ether oxygens (including phenoxy) is 1. The molecular weight excluding hydrogens is 636 g/mol. The highest BCUT2D eigenvalue weighted by atomic mass is 32.2. The van der Waals surface area contributed by atoms with Gasteiger partial charge in [0.05, 0.1) is 30.3 Å². The molecule has 1 saturated heterocycles. The summed E-state index contributed by atoms with van der Waals surface area (Å²) in [6.45, 7) is 3.92. The number of carbonyl (C=O) groups is 2. The van der Waals surface area contributed by atoms with Gasteiger partial charge in [-0.2, -0.15) is 26.3 Å². The molecule has 46 heavy (non-hydrogen) atoms. The fourth-order valence-corrected chi connectivity index (χ4v) is 6.80. The zero-order chi connectivity index (χ0) is 33.5. The zero-order valence-corrected chi connectivity index (χ0v) is 26.1. The van der Waals surface area contributed by atoms with Crippen LogP contribution in [0.5, 0.6) is 0 Å². The molecule has 2 N–H and O–H groups in total. The summed E-state index contributed by atoms with van der Waals surface area (Å²) in [5.41, 5.74) is -3.82. The second-order valence-corrected chi connectivity index (χ2v) is 12.3. The number of piperazine rings is 1. The van der Waals surface area contributed by atoms with Crippen LogP contribution >= 0.6 is 11.8 Å². The van der Waals surface area contributed by atoms with Gasteiger partial charge in [0.2, 0.25) is 5.91 Å². The summed E-state index contributed by atoms with van der Waals surface area (Å²) in [7, 11) is 0. The molecule has 1 heterocycles. The smallest absolute Gasteiger partial charge is 0.418 e. The first-order valence-electron chi connectivity index (χ1n) is 15.1. The van der Waals surface area contributed by atoms with E-state index in [4.69, 9.17) is 9.84 Å². The molecule has 0 bridgehead atoms. The number of benzene rings is 2. The lowest BCUT2D eigenvalue weighted by molar-refractivity contribution is -0.163. The Hall–Kier alpha value is -3.23. The van der Waals surface area contributed by atoms with Gasteiger partial charge in [-0.3, -0.25) is 14.5 Å². The number of hydrogen-bond acceptors (Lipinski definition) is 7. The number of hydrogen-bond donors (Lipinski definition) is 2. The Labute approximate surface area is 268 Å². The first-order chi connectivity index (χ1) is 21.8. The first-order valence-corrected chi connectivity index (χ1v) is 15.9. The molecule has 2 aliphatic rings. The molecule has 1 amide bonds. The van der Waals surface area contributed by atoms with E-state index in [2.05, 4.69) is 5.32 Å². The van der Waals surface area contributed by atoms with Crippen molar-refractivity contribution < 1.29 is 45.8 Å². The summed E-state index contributed by atoms with van der Waals surface area (Å²) in [5.74, 6) is -1.01. The summed E-state index contributed by atoms with van der Waals surface area (Å²) in [4.78, 5) is 27.7. The third kappa shape index (κ3) is 9.41. The summed E-state index contributed by atoms with van der Waals surface area (Å²) in [6.07, 6.45) is -6.40. The maximum Gasteiger partial charge on any atom is 0.418 e. The van der Waals surface area contributed by atoms with Crippen LogP contribution in [0.1, 0.15) is 49.3 Å². The largest absolute Gasteiger partial charge is 0.466 e. The number of anilines is 1. The number of halogens is 6. The number of aliphatic hydroxyl groups excluding tert-OH is 1. The standard InChI is InChI=1S/C32H37F6N3O4S/c1-2-45-30(44)22-6-10-23(11-7-22)39-24-4-3-5-25(20-24)46-26-12-8-21(28(31(33,34)35)29(26)32(36,37)38)9-13-27(43)41-16-14-40(15-17-41)18-19-42/h3-5,8-9,12-13,20,22-23,39,42H,2,6-7,10-11,14-19H2,1H3/t22-,23-. The topological polar surface area (TPSA) is 82.1 Å². The Morgan fingerprint density at radius 3 is 2.26 bits per heavy atom. The number of esters is 1. The SMILES string of the molecule is CCOC(=O)[C@H]1CC[C@H](Nc2cccc(Sc3ccc(C=CC(=O)N4CCN(CCO)CC4)c(C(F)(F)F)c3C(F)(F)F)c2)CC1. The van der Waals surface area contributed by atoms with E-state index >= 15 is 0 Å². The molecule has 7 nitrogen and oxygen atoms in total. The fourth-order valence-electron chi connectivity index (χ4n) is 5.76. The van der Waals surface area contributed by atoms with Gasteiger partial charge in [0.1, 0.15) is 0 Å². The van der Waals surface area contributed by atoms with E-state index in [-0.39, 0.29) is 37.6 Å². The average molecular weight is 674 g/mol. The molecule has 2 aromatic carbocycles. The average Bonchev–Trinajstić information content (AvgIpc) is 3.00. The normalized spacial score (nSPS) is 19.8. The van der Waals surface area contributed by atoms with Crippen molar-refractivity contribution in [3.63, 3.8) is 0 Å². The summed E-state index contributed by atoms with van der Waals surface area (Å²) >= 11 is 0.574. The summed E-state index contributed by atoms with van der Waals surface area (Å²) < 4.78 is 91.0. The number of nitrogens with zero attached hydrogens (tertiary/aromatic N) is 2. The predicted octanol–water partition coefficient (Wildman–Crippen LogP) is 6.56. The van der Waals surface area contributed by atoms with Crippen LogP contribution < -0.4 is 5.32 Å². The molecule has 0 spiro atoms. The van der Waals surface area contributed by atoms with Crippen molar-refractivity contribution in [2.24, 2.45) is 5.92 Å². The van der Waals surface area contributed by atoms with Crippen LogP contribution in [-0.4, -0.2) is 78.8 Å². The third-order valence-electron chi connectivity index (χ3n) is 8.05. The second kappa shape index (κ2) is 15.6.